The summed E-state index contributed by atoms with van der Waals surface area (Å²) in [5.41, 5.74) is 1.51. The first-order valence-corrected chi connectivity index (χ1v) is 6.03. The van der Waals surface area contributed by atoms with Crippen LogP contribution in [-0.4, -0.2) is 0 Å². The van der Waals surface area contributed by atoms with E-state index in [9.17, 15) is 0 Å². The lowest BCUT2D eigenvalue weighted by Gasteiger charge is -2.18. The maximum absolute atomic E-state index is 9.12. The van der Waals surface area contributed by atoms with Crippen LogP contribution in [0.4, 0.5) is 0 Å². The first kappa shape index (κ1) is 11.5. The molecule has 82 valence electrons. The molecule has 0 saturated carbocycles. The fourth-order valence-corrected chi connectivity index (χ4v) is 2.63. The van der Waals surface area contributed by atoms with Crippen molar-refractivity contribution < 1.29 is 0 Å². The predicted octanol–water partition coefficient (Wildman–Crippen LogP) is 4.69. The van der Waals surface area contributed by atoms with Gasteiger partial charge in [0.25, 0.3) is 0 Å². The number of allylic oxidation sites excluding steroid dienone is 2. The molecular formula is C13H11Cl2N. The molecule has 1 aromatic carbocycles. The highest BCUT2D eigenvalue weighted by molar-refractivity contribution is 6.35. The molecule has 0 radical (unpaired) electrons. The Kier molecular flexibility index (Phi) is 3.53. The Morgan fingerprint density at radius 3 is 2.75 bits per heavy atom. The van der Waals surface area contributed by atoms with Gasteiger partial charge in [0, 0.05) is 10.9 Å². The van der Waals surface area contributed by atoms with Crippen LogP contribution in [0.2, 0.25) is 10.0 Å². The zero-order valence-corrected chi connectivity index (χ0v) is 10.2. The average Bonchev–Trinajstić information content (AvgIpc) is 2.29. The minimum Gasteiger partial charge on any atom is -0.192 e. The maximum atomic E-state index is 9.12. The summed E-state index contributed by atoms with van der Waals surface area (Å²) in [6, 6.07) is 5.64. The summed E-state index contributed by atoms with van der Waals surface area (Å²) < 4.78 is 0. The van der Waals surface area contributed by atoms with E-state index < -0.39 is 0 Å². The van der Waals surface area contributed by atoms with Crippen molar-refractivity contribution in [3.63, 3.8) is 0 Å². The Balaban J connectivity index is 2.50. The van der Waals surface area contributed by atoms with Gasteiger partial charge in [-0.15, -0.1) is 0 Å². The molecule has 0 fully saturated rings. The van der Waals surface area contributed by atoms with Crippen LogP contribution in [0.25, 0.3) is 0 Å². The van der Waals surface area contributed by atoms with Gasteiger partial charge in [-0.05, 0) is 37.0 Å². The molecule has 1 aliphatic rings. The highest BCUT2D eigenvalue weighted by Gasteiger charge is 2.17. The normalized spacial score (nSPS) is 19.4. The number of hydrogen-bond donors (Lipinski definition) is 0. The van der Waals surface area contributed by atoms with Crippen LogP contribution in [-0.2, 0) is 0 Å². The van der Waals surface area contributed by atoms with Gasteiger partial charge in [0.05, 0.1) is 10.6 Å². The molecule has 1 unspecified atom stereocenters. The lowest BCUT2D eigenvalue weighted by atomic mass is 9.87. The van der Waals surface area contributed by atoms with Crippen molar-refractivity contribution >= 4 is 23.2 Å². The Hall–Kier alpha value is -0.970. The summed E-state index contributed by atoms with van der Waals surface area (Å²) in [7, 11) is 0. The lowest BCUT2D eigenvalue weighted by molar-refractivity contribution is 0.653. The van der Waals surface area contributed by atoms with E-state index in [1.807, 2.05) is 6.07 Å². The lowest BCUT2D eigenvalue weighted by Crippen LogP contribution is -2.02. The van der Waals surface area contributed by atoms with Gasteiger partial charge in [-0.1, -0.05) is 35.4 Å². The van der Waals surface area contributed by atoms with Gasteiger partial charge in [-0.3, -0.25) is 0 Å². The zero-order valence-electron chi connectivity index (χ0n) is 8.71. The van der Waals surface area contributed by atoms with Gasteiger partial charge in [0.15, 0.2) is 0 Å². The Labute approximate surface area is 105 Å². The summed E-state index contributed by atoms with van der Waals surface area (Å²) in [5.74, 6) is 0.277. The Morgan fingerprint density at radius 1 is 1.31 bits per heavy atom. The van der Waals surface area contributed by atoms with E-state index in [4.69, 9.17) is 28.5 Å². The highest BCUT2D eigenvalue weighted by atomic mass is 35.5. The molecule has 16 heavy (non-hydrogen) atoms. The van der Waals surface area contributed by atoms with E-state index in [0.717, 1.165) is 24.8 Å². The molecule has 3 heteroatoms. The third-order valence-electron chi connectivity index (χ3n) is 2.85. The van der Waals surface area contributed by atoms with Crippen molar-refractivity contribution in [2.45, 2.75) is 25.2 Å². The summed E-state index contributed by atoms with van der Waals surface area (Å²) >= 11 is 12.0. The van der Waals surface area contributed by atoms with Crippen molar-refractivity contribution in [1.29, 1.82) is 5.26 Å². The van der Waals surface area contributed by atoms with Crippen LogP contribution in [0.15, 0.2) is 24.3 Å². The molecule has 0 amide bonds. The van der Waals surface area contributed by atoms with Crippen molar-refractivity contribution in [2.75, 3.05) is 0 Å². The van der Waals surface area contributed by atoms with E-state index in [2.05, 4.69) is 18.2 Å². The van der Waals surface area contributed by atoms with Crippen molar-refractivity contribution in [3.8, 4) is 6.07 Å². The van der Waals surface area contributed by atoms with Crippen LogP contribution < -0.4 is 0 Å². The molecule has 1 atom stereocenters. The second-order valence-corrected chi connectivity index (χ2v) is 4.77. The van der Waals surface area contributed by atoms with Crippen molar-refractivity contribution in [1.82, 2.24) is 0 Å². The first-order chi connectivity index (χ1) is 7.72. The van der Waals surface area contributed by atoms with Crippen LogP contribution >= 0.6 is 23.2 Å². The molecular weight excluding hydrogens is 241 g/mol. The summed E-state index contributed by atoms with van der Waals surface area (Å²) in [6.07, 6.45) is 7.63. The van der Waals surface area contributed by atoms with Crippen molar-refractivity contribution in [3.05, 3.63) is 45.5 Å². The van der Waals surface area contributed by atoms with Gasteiger partial charge < -0.3 is 0 Å². The number of rotatable bonds is 1. The SMILES string of the molecule is N#Cc1c(Cl)cc(Cl)cc1C1C=CCCC1. The molecule has 0 spiro atoms. The minimum absolute atomic E-state index is 0.277. The molecule has 0 bridgehead atoms. The number of nitriles is 1. The predicted molar refractivity (Wildman–Crippen MR) is 66.9 cm³/mol. The first-order valence-electron chi connectivity index (χ1n) is 5.28. The Bertz CT molecular complexity index is 472. The number of halogens is 2. The molecule has 1 aromatic rings. The highest BCUT2D eigenvalue weighted by Crippen LogP contribution is 2.34. The van der Waals surface area contributed by atoms with E-state index in [-0.39, 0.29) is 5.92 Å². The Morgan fingerprint density at radius 2 is 2.12 bits per heavy atom. The van der Waals surface area contributed by atoms with Gasteiger partial charge in [-0.25, -0.2) is 0 Å². The summed E-state index contributed by atoms with van der Waals surface area (Å²) in [4.78, 5) is 0. The monoisotopic (exact) mass is 251 g/mol. The largest absolute Gasteiger partial charge is 0.192 e. The van der Waals surface area contributed by atoms with Gasteiger partial charge in [0.1, 0.15) is 6.07 Å². The van der Waals surface area contributed by atoms with Gasteiger partial charge >= 0.3 is 0 Å². The molecule has 0 saturated heterocycles. The van der Waals surface area contributed by atoms with Gasteiger partial charge in [0.2, 0.25) is 0 Å². The number of benzene rings is 1. The molecule has 0 aliphatic heterocycles. The molecule has 1 nitrogen and oxygen atoms in total. The van der Waals surface area contributed by atoms with E-state index >= 15 is 0 Å². The van der Waals surface area contributed by atoms with Crippen LogP contribution in [0.5, 0.6) is 0 Å². The van der Waals surface area contributed by atoms with Crippen LogP contribution in [0.1, 0.15) is 36.3 Å². The molecule has 0 N–H and O–H groups in total. The molecule has 0 heterocycles. The fraction of sp³-hybridized carbons (Fsp3) is 0.308. The van der Waals surface area contributed by atoms with E-state index in [1.165, 1.54) is 0 Å². The maximum Gasteiger partial charge on any atom is 0.101 e. The van der Waals surface area contributed by atoms with Crippen molar-refractivity contribution in [2.24, 2.45) is 0 Å². The summed E-state index contributed by atoms with van der Waals surface area (Å²) in [5, 5.41) is 10.2. The van der Waals surface area contributed by atoms with Gasteiger partial charge in [-0.2, -0.15) is 5.26 Å². The quantitative estimate of drug-likeness (QED) is 0.665. The van der Waals surface area contributed by atoms with E-state index in [0.29, 0.717) is 15.6 Å². The topological polar surface area (TPSA) is 23.8 Å². The zero-order chi connectivity index (χ0) is 11.5. The molecule has 0 aromatic heterocycles. The van der Waals surface area contributed by atoms with Crippen LogP contribution in [0.3, 0.4) is 0 Å². The third-order valence-corrected chi connectivity index (χ3v) is 3.37. The second kappa shape index (κ2) is 4.91. The number of hydrogen-bond acceptors (Lipinski definition) is 1. The fourth-order valence-electron chi connectivity index (χ4n) is 2.08. The molecule has 2 rings (SSSR count). The van der Waals surface area contributed by atoms with E-state index in [1.54, 1.807) is 6.07 Å². The second-order valence-electron chi connectivity index (χ2n) is 3.93. The minimum atomic E-state index is 0.277. The number of nitrogens with zero attached hydrogens (tertiary/aromatic N) is 1. The molecule has 1 aliphatic carbocycles. The average molecular weight is 252 g/mol. The smallest absolute Gasteiger partial charge is 0.101 e. The summed E-state index contributed by atoms with van der Waals surface area (Å²) in [6.45, 7) is 0. The third kappa shape index (κ3) is 2.24. The van der Waals surface area contributed by atoms with Crippen LogP contribution in [0, 0.1) is 11.3 Å². The standard InChI is InChI=1S/C13H11Cl2N/c14-10-6-11(9-4-2-1-3-5-9)12(8-16)13(15)7-10/h2,4,6-7,9H,1,3,5H2.